The van der Waals surface area contributed by atoms with Crippen LogP contribution in [0.3, 0.4) is 0 Å². The van der Waals surface area contributed by atoms with Gasteiger partial charge in [0.05, 0.1) is 16.8 Å². The maximum absolute atomic E-state index is 13.3. The Morgan fingerprint density at radius 2 is 1.76 bits per heavy atom. The van der Waals surface area contributed by atoms with E-state index in [1.54, 1.807) is 41.4 Å². The number of hydrogen-bond acceptors (Lipinski definition) is 7. The Labute approximate surface area is 264 Å². The van der Waals surface area contributed by atoms with E-state index >= 15 is 0 Å². The van der Waals surface area contributed by atoms with Crippen LogP contribution in [-0.4, -0.2) is 52.2 Å². The van der Waals surface area contributed by atoms with Crippen molar-refractivity contribution in [2.75, 3.05) is 13.6 Å². The molecule has 1 aliphatic carbocycles. The Hall–Kier alpha value is -4.45. The second kappa shape index (κ2) is 13.3. The SMILES string of the molecule is CC1Cc2ccccc2S(=O)(=O)N(Cc2cccc(-c3ccccc3)c2)C1.CN(N)/C=C(\N)C1C[C@H]1c1c(C(=O)O)cnn1C. The summed E-state index contributed by atoms with van der Waals surface area (Å²) in [6.45, 7) is 3.04. The van der Waals surface area contributed by atoms with Gasteiger partial charge in [-0.2, -0.15) is 9.40 Å². The highest BCUT2D eigenvalue weighted by molar-refractivity contribution is 7.89. The number of carboxylic acids is 1. The smallest absolute Gasteiger partial charge is 0.339 e. The minimum absolute atomic E-state index is 0.111. The molecular formula is C34H40N6O4S. The fourth-order valence-corrected chi connectivity index (χ4v) is 7.81. The Morgan fingerprint density at radius 3 is 2.47 bits per heavy atom. The molecule has 2 unspecified atom stereocenters. The molecule has 2 heterocycles. The molecule has 3 aromatic carbocycles. The molecule has 1 aromatic heterocycles. The van der Waals surface area contributed by atoms with Crippen LogP contribution in [0.5, 0.6) is 0 Å². The number of aromatic carboxylic acids is 1. The van der Waals surface area contributed by atoms with Gasteiger partial charge in [0.2, 0.25) is 10.0 Å². The fourth-order valence-electron chi connectivity index (χ4n) is 6.03. The maximum atomic E-state index is 13.3. The van der Waals surface area contributed by atoms with E-state index in [2.05, 4.69) is 36.3 Å². The Bertz CT molecular complexity index is 1800. The van der Waals surface area contributed by atoms with Crippen molar-refractivity contribution in [2.45, 2.75) is 37.1 Å². The standard InChI is InChI=1S/C23H23NO2S.C11H17N5O2/c1-18-14-22-11-5-6-13-23(22)27(25,26)24(16-18)17-19-8-7-12-21(15-19)20-9-3-2-4-10-20;1-15(13)5-9(12)6-3-7(6)10-8(11(17)18)4-14-16(10)2/h2-13,15,18H,14,16-17H2,1H3;4-7H,3,12-13H2,1-2H3,(H,17,18)/b;9-5-/t;6?,7-/m.1/s1. The van der Waals surface area contributed by atoms with Crippen LogP contribution in [0, 0.1) is 11.8 Å². The Morgan fingerprint density at radius 1 is 1.07 bits per heavy atom. The molecule has 0 saturated heterocycles. The number of nitrogens with zero attached hydrogens (tertiary/aromatic N) is 4. The van der Waals surface area contributed by atoms with Crippen molar-refractivity contribution in [1.82, 2.24) is 19.1 Å². The third-order valence-corrected chi connectivity index (χ3v) is 10.1. The lowest BCUT2D eigenvalue weighted by Gasteiger charge is -2.22. The molecule has 236 valence electrons. The highest BCUT2D eigenvalue weighted by atomic mass is 32.2. The van der Waals surface area contributed by atoms with Gasteiger partial charge in [-0.3, -0.25) is 4.68 Å². The average Bonchev–Trinajstić information content (AvgIpc) is 3.72. The van der Waals surface area contributed by atoms with E-state index in [-0.39, 0.29) is 23.3 Å². The molecule has 4 aromatic rings. The van der Waals surface area contributed by atoms with Gasteiger partial charge in [-0.05, 0) is 53.1 Å². The number of fused-ring (bicyclic) bond motifs is 1. The summed E-state index contributed by atoms with van der Waals surface area (Å²) < 4.78 is 29.7. The number of aromatic nitrogens is 2. The van der Waals surface area contributed by atoms with Gasteiger partial charge in [-0.1, -0.05) is 73.7 Å². The van der Waals surface area contributed by atoms with Gasteiger partial charge in [-0.15, -0.1) is 0 Å². The summed E-state index contributed by atoms with van der Waals surface area (Å²) in [5, 5.41) is 14.5. The molecule has 5 N–H and O–H groups in total. The number of carboxylic acid groups (broad SMARTS) is 1. The van der Waals surface area contributed by atoms with E-state index in [1.807, 2.05) is 42.5 Å². The third-order valence-electron chi connectivity index (χ3n) is 8.20. The van der Waals surface area contributed by atoms with Gasteiger partial charge in [0, 0.05) is 50.9 Å². The molecule has 11 heteroatoms. The van der Waals surface area contributed by atoms with Crippen LogP contribution < -0.4 is 11.6 Å². The van der Waals surface area contributed by atoms with Crippen molar-refractivity contribution < 1.29 is 18.3 Å². The first-order valence-electron chi connectivity index (χ1n) is 14.9. The predicted octanol–water partition coefficient (Wildman–Crippen LogP) is 4.56. The number of benzene rings is 3. The fraction of sp³-hybridized carbons (Fsp3) is 0.294. The van der Waals surface area contributed by atoms with Crippen LogP contribution in [0.2, 0.25) is 0 Å². The number of hydrogen-bond donors (Lipinski definition) is 3. The molecule has 1 saturated carbocycles. The number of rotatable bonds is 7. The van der Waals surface area contributed by atoms with E-state index in [1.165, 1.54) is 11.2 Å². The highest BCUT2D eigenvalue weighted by Gasteiger charge is 2.44. The summed E-state index contributed by atoms with van der Waals surface area (Å²) in [5.74, 6) is 5.07. The number of sulfonamides is 1. The Balaban J connectivity index is 0.000000194. The van der Waals surface area contributed by atoms with E-state index in [9.17, 15) is 13.2 Å². The molecule has 45 heavy (non-hydrogen) atoms. The molecule has 1 aliphatic heterocycles. The van der Waals surface area contributed by atoms with Crippen LogP contribution in [0.25, 0.3) is 11.1 Å². The molecule has 0 bridgehead atoms. The number of carbonyl (C=O) groups is 1. The second-order valence-corrected chi connectivity index (χ2v) is 13.8. The van der Waals surface area contributed by atoms with Crippen molar-refractivity contribution in [3.63, 3.8) is 0 Å². The van der Waals surface area contributed by atoms with Crippen molar-refractivity contribution in [3.8, 4) is 11.1 Å². The van der Waals surface area contributed by atoms with Gasteiger partial charge in [-0.25, -0.2) is 19.1 Å². The second-order valence-electron chi connectivity index (χ2n) is 11.9. The molecular weight excluding hydrogens is 588 g/mol. The largest absolute Gasteiger partial charge is 0.478 e. The zero-order chi connectivity index (χ0) is 32.3. The van der Waals surface area contributed by atoms with E-state index < -0.39 is 16.0 Å². The molecule has 0 spiro atoms. The normalized spacial score (nSPS) is 20.7. The molecule has 3 atom stereocenters. The first-order chi connectivity index (χ1) is 21.5. The minimum Gasteiger partial charge on any atom is -0.478 e. The van der Waals surface area contributed by atoms with Crippen LogP contribution in [-0.2, 0) is 30.0 Å². The molecule has 10 nitrogen and oxygen atoms in total. The monoisotopic (exact) mass is 628 g/mol. The van der Waals surface area contributed by atoms with Gasteiger partial charge >= 0.3 is 5.97 Å². The summed E-state index contributed by atoms with van der Waals surface area (Å²) in [4.78, 5) is 11.5. The molecule has 2 aliphatic rings. The predicted molar refractivity (Wildman–Crippen MR) is 174 cm³/mol. The summed E-state index contributed by atoms with van der Waals surface area (Å²) in [6.07, 6.45) is 4.65. The van der Waals surface area contributed by atoms with E-state index in [4.69, 9.17) is 16.7 Å². The van der Waals surface area contributed by atoms with E-state index in [0.29, 0.717) is 23.7 Å². The summed E-state index contributed by atoms with van der Waals surface area (Å²) in [5.41, 5.74) is 11.7. The third kappa shape index (κ3) is 7.28. The van der Waals surface area contributed by atoms with Crippen molar-refractivity contribution in [3.05, 3.63) is 119 Å². The van der Waals surface area contributed by atoms with Crippen LogP contribution in [0.4, 0.5) is 0 Å². The zero-order valence-corrected chi connectivity index (χ0v) is 26.6. The first kappa shape index (κ1) is 32.0. The lowest BCUT2D eigenvalue weighted by atomic mass is 10.0. The average molecular weight is 629 g/mol. The van der Waals surface area contributed by atoms with Crippen molar-refractivity contribution in [2.24, 2.45) is 30.5 Å². The maximum Gasteiger partial charge on any atom is 0.339 e. The number of hydrazine groups is 1. The number of aryl methyl sites for hydroxylation is 1. The van der Waals surface area contributed by atoms with Gasteiger partial charge in [0.1, 0.15) is 5.56 Å². The summed E-state index contributed by atoms with van der Waals surface area (Å²) in [7, 11) is -0.0609. The molecule has 0 radical (unpaired) electrons. The molecule has 0 amide bonds. The molecule has 1 fully saturated rings. The number of allylic oxidation sites excluding steroid dienone is 1. The minimum atomic E-state index is -3.49. The lowest BCUT2D eigenvalue weighted by molar-refractivity contribution is 0.0695. The van der Waals surface area contributed by atoms with Crippen molar-refractivity contribution >= 4 is 16.0 Å². The quantitative estimate of drug-likeness (QED) is 0.199. The number of nitrogens with two attached hydrogens (primary N) is 2. The van der Waals surface area contributed by atoms with Gasteiger partial charge in [0.15, 0.2) is 0 Å². The zero-order valence-electron chi connectivity index (χ0n) is 25.7. The van der Waals surface area contributed by atoms with E-state index in [0.717, 1.165) is 40.8 Å². The summed E-state index contributed by atoms with van der Waals surface area (Å²) in [6, 6.07) is 25.7. The summed E-state index contributed by atoms with van der Waals surface area (Å²) >= 11 is 0. The van der Waals surface area contributed by atoms with Crippen LogP contribution >= 0.6 is 0 Å². The Kier molecular flexibility index (Phi) is 9.42. The lowest BCUT2D eigenvalue weighted by Crippen LogP contribution is -2.32. The molecule has 6 rings (SSSR count). The first-order valence-corrected chi connectivity index (χ1v) is 16.3. The van der Waals surface area contributed by atoms with Gasteiger partial charge in [0.25, 0.3) is 0 Å². The van der Waals surface area contributed by atoms with Crippen molar-refractivity contribution in [1.29, 1.82) is 0 Å². The highest BCUT2D eigenvalue weighted by Crippen LogP contribution is 2.51. The van der Waals surface area contributed by atoms with Crippen LogP contribution in [0.15, 0.2) is 102 Å². The topological polar surface area (TPSA) is 148 Å². The van der Waals surface area contributed by atoms with Gasteiger partial charge < -0.3 is 15.8 Å². The van der Waals surface area contributed by atoms with Crippen LogP contribution in [0.1, 0.15) is 46.4 Å².